The van der Waals surface area contributed by atoms with Crippen LogP contribution in [0.5, 0.6) is 0 Å². The predicted molar refractivity (Wildman–Crippen MR) is 59.1 cm³/mol. The number of halogens is 1. The molecule has 1 N–H and O–H groups in total. The predicted octanol–water partition coefficient (Wildman–Crippen LogP) is 3.51. The van der Waals surface area contributed by atoms with Gasteiger partial charge in [0.1, 0.15) is 5.82 Å². The Labute approximate surface area is 84.6 Å². The average molecular weight is 193 g/mol. The van der Waals surface area contributed by atoms with Crippen molar-refractivity contribution in [3.8, 4) is 0 Å². The molecule has 1 nitrogen and oxygen atoms in total. The van der Waals surface area contributed by atoms with Gasteiger partial charge >= 0.3 is 0 Å². The Bertz CT molecular complexity index is 311. The maximum absolute atomic E-state index is 13.0. The lowest BCUT2D eigenvalue weighted by Gasteiger charge is -2.07. The fourth-order valence-electron chi connectivity index (χ4n) is 1.26. The zero-order valence-electron chi connectivity index (χ0n) is 8.73. The van der Waals surface area contributed by atoms with Gasteiger partial charge in [-0.05, 0) is 44.0 Å². The highest BCUT2D eigenvalue weighted by molar-refractivity contribution is 5.45. The van der Waals surface area contributed by atoms with Gasteiger partial charge in [0.25, 0.3) is 0 Å². The lowest BCUT2D eigenvalue weighted by atomic mass is 10.2. The summed E-state index contributed by atoms with van der Waals surface area (Å²) in [6.45, 7) is 8.48. The molecule has 0 fully saturated rings. The van der Waals surface area contributed by atoms with Crippen molar-refractivity contribution in [3.05, 3.63) is 41.7 Å². The van der Waals surface area contributed by atoms with Crippen molar-refractivity contribution in [3.63, 3.8) is 0 Å². The zero-order valence-corrected chi connectivity index (χ0v) is 8.73. The Kier molecular flexibility index (Phi) is 3.69. The highest BCUT2D eigenvalue weighted by atomic mass is 19.1. The molecule has 14 heavy (non-hydrogen) atoms. The van der Waals surface area contributed by atoms with Crippen LogP contribution in [-0.2, 0) is 0 Å². The molecule has 1 aromatic rings. The van der Waals surface area contributed by atoms with Crippen molar-refractivity contribution >= 4 is 5.69 Å². The Balaban J connectivity index is 2.54. The van der Waals surface area contributed by atoms with E-state index in [4.69, 9.17) is 0 Å². The average Bonchev–Trinajstić information content (AvgIpc) is 2.01. The molecular weight excluding hydrogens is 177 g/mol. The first-order chi connectivity index (χ1) is 6.58. The van der Waals surface area contributed by atoms with Crippen LogP contribution in [0.2, 0.25) is 0 Å². The van der Waals surface area contributed by atoms with Crippen molar-refractivity contribution in [2.24, 2.45) is 0 Å². The van der Waals surface area contributed by atoms with E-state index >= 15 is 0 Å². The van der Waals surface area contributed by atoms with E-state index in [1.165, 1.54) is 12.1 Å². The van der Waals surface area contributed by atoms with E-state index in [1.54, 1.807) is 0 Å². The van der Waals surface area contributed by atoms with Crippen LogP contribution >= 0.6 is 0 Å². The number of rotatable bonds is 4. The number of aryl methyl sites for hydroxylation is 1. The van der Waals surface area contributed by atoms with Gasteiger partial charge in [-0.15, -0.1) is 6.58 Å². The van der Waals surface area contributed by atoms with E-state index in [2.05, 4.69) is 11.9 Å². The summed E-state index contributed by atoms with van der Waals surface area (Å²) >= 11 is 0. The first kappa shape index (κ1) is 10.8. The van der Waals surface area contributed by atoms with Crippen LogP contribution in [-0.4, -0.2) is 6.54 Å². The second kappa shape index (κ2) is 4.80. The fraction of sp³-hybridized carbons (Fsp3) is 0.333. The largest absolute Gasteiger partial charge is 0.385 e. The van der Waals surface area contributed by atoms with Crippen molar-refractivity contribution < 1.29 is 4.39 Å². The van der Waals surface area contributed by atoms with Crippen LogP contribution in [0.1, 0.15) is 18.9 Å². The molecule has 0 atom stereocenters. The maximum Gasteiger partial charge on any atom is 0.125 e. The van der Waals surface area contributed by atoms with Crippen LogP contribution in [0.3, 0.4) is 0 Å². The third kappa shape index (κ3) is 3.60. The van der Waals surface area contributed by atoms with E-state index in [0.29, 0.717) is 0 Å². The molecule has 0 heterocycles. The highest BCUT2D eigenvalue weighted by Crippen LogP contribution is 2.13. The highest BCUT2D eigenvalue weighted by Gasteiger charge is 1.96. The van der Waals surface area contributed by atoms with E-state index in [1.807, 2.05) is 19.9 Å². The van der Waals surface area contributed by atoms with Crippen LogP contribution in [0, 0.1) is 12.7 Å². The van der Waals surface area contributed by atoms with Crippen molar-refractivity contribution in [2.45, 2.75) is 20.3 Å². The molecule has 0 unspecified atom stereocenters. The smallest absolute Gasteiger partial charge is 0.125 e. The van der Waals surface area contributed by atoms with E-state index < -0.39 is 0 Å². The summed E-state index contributed by atoms with van der Waals surface area (Å²) in [5.41, 5.74) is 2.90. The van der Waals surface area contributed by atoms with Crippen LogP contribution < -0.4 is 5.32 Å². The number of hydrogen-bond acceptors (Lipinski definition) is 1. The lowest BCUT2D eigenvalue weighted by molar-refractivity contribution is 0.627. The quantitative estimate of drug-likeness (QED) is 0.721. The summed E-state index contributed by atoms with van der Waals surface area (Å²) in [4.78, 5) is 0. The van der Waals surface area contributed by atoms with Gasteiger partial charge in [0.15, 0.2) is 0 Å². The molecule has 2 heteroatoms. The second-order valence-corrected chi connectivity index (χ2v) is 3.65. The molecule has 0 saturated heterocycles. The second-order valence-electron chi connectivity index (χ2n) is 3.65. The van der Waals surface area contributed by atoms with Gasteiger partial charge in [0.05, 0.1) is 0 Å². The van der Waals surface area contributed by atoms with Crippen molar-refractivity contribution in [1.82, 2.24) is 0 Å². The Morgan fingerprint density at radius 2 is 2.14 bits per heavy atom. The summed E-state index contributed by atoms with van der Waals surface area (Å²) < 4.78 is 13.0. The van der Waals surface area contributed by atoms with Crippen molar-refractivity contribution in [2.75, 3.05) is 11.9 Å². The van der Waals surface area contributed by atoms with Gasteiger partial charge in [-0.25, -0.2) is 4.39 Å². The standard InChI is InChI=1S/C12H16FN/c1-9(2)4-5-14-12-7-10(3)6-11(13)8-12/h6-8,14H,1,4-5H2,2-3H3. The lowest BCUT2D eigenvalue weighted by Crippen LogP contribution is -2.02. The van der Waals surface area contributed by atoms with Gasteiger partial charge < -0.3 is 5.32 Å². The topological polar surface area (TPSA) is 12.0 Å². The Morgan fingerprint density at radius 3 is 2.71 bits per heavy atom. The minimum absolute atomic E-state index is 0.192. The van der Waals surface area contributed by atoms with E-state index in [9.17, 15) is 4.39 Å². The number of hydrogen-bond donors (Lipinski definition) is 1. The molecule has 0 bridgehead atoms. The third-order valence-corrected chi connectivity index (χ3v) is 1.92. The molecule has 1 rings (SSSR count). The van der Waals surface area contributed by atoms with E-state index in [-0.39, 0.29) is 5.82 Å². The molecule has 0 aliphatic carbocycles. The summed E-state index contributed by atoms with van der Waals surface area (Å²) in [6, 6.07) is 4.96. The monoisotopic (exact) mass is 193 g/mol. The molecule has 0 aliphatic heterocycles. The molecule has 0 amide bonds. The summed E-state index contributed by atoms with van der Waals surface area (Å²) in [6.07, 6.45) is 0.912. The Hall–Kier alpha value is -1.31. The molecule has 0 aliphatic rings. The SMILES string of the molecule is C=C(C)CCNc1cc(C)cc(F)c1. The molecule has 0 radical (unpaired) electrons. The number of anilines is 1. The summed E-state index contributed by atoms with van der Waals surface area (Å²) in [5, 5.41) is 3.16. The molecule has 76 valence electrons. The number of benzene rings is 1. The van der Waals surface area contributed by atoms with Crippen LogP contribution in [0.15, 0.2) is 30.4 Å². The molecule has 1 aromatic carbocycles. The van der Waals surface area contributed by atoms with E-state index in [0.717, 1.165) is 29.8 Å². The van der Waals surface area contributed by atoms with Crippen LogP contribution in [0.25, 0.3) is 0 Å². The van der Waals surface area contributed by atoms with Gasteiger partial charge in [-0.3, -0.25) is 0 Å². The fourth-order valence-corrected chi connectivity index (χ4v) is 1.26. The first-order valence-corrected chi connectivity index (χ1v) is 4.73. The summed E-state index contributed by atoms with van der Waals surface area (Å²) in [7, 11) is 0. The van der Waals surface area contributed by atoms with Gasteiger partial charge in [0, 0.05) is 12.2 Å². The van der Waals surface area contributed by atoms with Gasteiger partial charge in [-0.2, -0.15) is 0 Å². The zero-order chi connectivity index (χ0) is 10.6. The maximum atomic E-state index is 13.0. The summed E-state index contributed by atoms with van der Waals surface area (Å²) in [5.74, 6) is -0.192. The number of nitrogens with one attached hydrogen (secondary N) is 1. The molecule has 0 saturated carbocycles. The van der Waals surface area contributed by atoms with Crippen molar-refractivity contribution in [1.29, 1.82) is 0 Å². The normalized spacial score (nSPS) is 9.93. The first-order valence-electron chi connectivity index (χ1n) is 4.73. The Morgan fingerprint density at radius 1 is 1.43 bits per heavy atom. The van der Waals surface area contributed by atoms with Crippen LogP contribution in [0.4, 0.5) is 10.1 Å². The minimum atomic E-state index is -0.192. The van der Waals surface area contributed by atoms with Gasteiger partial charge in [0.2, 0.25) is 0 Å². The third-order valence-electron chi connectivity index (χ3n) is 1.92. The molecular formula is C12H16FN. The van der Waals surface area contributed by atoms with Gasteiger partial charge in [-0.1, -0.05) is 5.57 Å². The molecule has 0 spiro atoms. The molecule has 0 aromatic heterocycles. The minimum Gasteiger partial charge on any atom is -0.385 e.